The van der Waals surface area contributed by atoms with Crippen molar-refractivity contribution in [3.63, 3.8) is 0 Å². The first-order chi connectivity index (χ1) is 12.8. The van der Waals surface area contributed by atoms with Crippen molar-refractivity contribution in [1.29, 1.82) is 0 Å². The Kier molecular flexibility index (Phi) is 6.25. The zero-order valence-electron chi connectivity index (χ0n) is 16.3. The van der Waals surface area contributed by atoms with E-state index in [1.165, 1.54) is 6.92 Å². The average molecular weight is 375 g/mol. The average Bonchev–Trinajstić information content (AvgIpc) is 2.95. The topological polar surface area (TPSA) is 83.8 Å². The van der Waals surface area contributed by atoms with Crippen molar-refractivity contribution in [2.45, 2.75) is 33.1 Å². The third kappa shape index (κ3) is 3.41. The molecule has 0 aliphatic carbocycles. The van der Waals surface area contributed by atoms with Crippen LogP contribution < -0.4 is 0 Å². The van der Waals surface area contributed by atoms with E-state index in [-0.39, 0.29) is 31.1 Å². The zero-order chi connectivity index (χ0) is 20.2. The van der Waals surface area contributed by atoms with E-state index >= 15 is 0 Å². The lowest BCUT2D eigenvalue weighted by atomic mass is 9.80. The number of nitrogens with zero attached hydrogens (tertiary/aromatic N) is 1. The Morgan fingerprint density at radius 2 is 1.44 bits per heavy atom. The lowest BCUT2D eigenvalue weighted by Crippen LogP contribution is -2.44. The van der Waals surface area contributed by atoms with Gasteiger partial charge in [0.2, 0.25) is 0 Å². The molecule has 1 heterocycles. The van der Waals surface area contributed by atoms with Crippen LogP contribution >= 0.6 is 0 Å². The van der Waals surface area contributed by atoms with Crippen molar-refractivity contribution in [2.75, 3.05) is 19.8 Å². The van der Waals surface area contributed by atoms with E-state index in [1.807, 2.05) is 6.07 Å². The molecule has 0 spiro atoms. The molecule has 0 aliphatic rings. The van der Waals surface area contributed by atoms with E-state index in [4.69, 9.17) is 14.2 Å². The maximum atomic E-state index is 12.9. The summed E-state index contributed by atoms with van der Waals surface area (Å²) in [6.07, 6.45) is 0. The van der Waals surface area contributed by atoms with E-state index in [9.17, 15) is 14.4 Å². The van der Waals surface area contributed by atoms with Crippen molar-refractivity contribution in [1.82, 2.24) is 4.57 Å². The molecule has 0 saturated carbocycles. The van der Waals surface area contributed by atoms with Crippen LogP contribution in [0.25, 0.3) is 10.9 Å². The molecule has 27 heavy (non-hydrogen) atoms. The van der Waals surface area contributed by atoms with E-state index in [1.54, 1.807) is 50.6 Å². The van der Waals surface area contributed by atoms with Crippen molar-refractivity contribution in [3.8, 4) is 0 Å². The molecular weight excluding hydrogens is 350 g/mol. The minimum absolute atomic E-state index is 0.0906. The number of aromatic nitrogens is 1. The fourth-order valence-electron chi connectivity index (χ4n) is 3.18. The van der Waals surface area contributed by atoms with Gasteiger partial charge in [-0.05, 0) is 33.8 Å². The van der Waals surface area contributed by atoms with Crippen LogP contribution in [0.2, 0.25) is 0 Å². The highest BCUT2D eigenvalue weighted by Crippen LogP contribution is 2.38. The normalized spacial score (nSPS) is 11.3. The van der Waals surface area contributed by atoms with E-state index in [0.29, 0.717) is 10.9 Å². The Hall–Kier alpha value is -2.83. The van der Waals surface area contributed by atoms with Crippen molar-refractivity contribution in [2.24, 2.45) is 7.05 Å². The fraction of sp³-hybridized carbons (Fsp3) is 0.450. The van der Waals surface area contributed by atoms with Gasteiger partial charge >= 0.3 is 17.9 Å². The summed E-state index contributed by atoms with van der Waals surface area (Å²) in [6.45, 7) is 6.76. The van der Waals surface area contributed by atoms with Gasteiger partial charge in [-0.15, -0.1) is 0 Å². The van der Waals surface area contributed by atoms with Crippen LogP contribution in [-0.4, -0.2) is 42.3 Å². The van der Waals surface area contributed by atoms with Crippen LogP contribution in [0.4, 0.5) is 0 Å². The molecule has 0 fully saturated rings. The van der Waals surface area contributed by atoms with Crippen LogP contribution in [0.15, 0.2) is 24.3 Å². The number of aryl methyl sites for hydroxylation is 1. The van der Waals surface area contributed by atoms with Gasteiger partial charge in [0.25, 0.3) is 0 Å². The van der Waals surface area contributed by atoms with Gasteiger partial charge in [-0.3, -0.25) is 9.59 Å². The number of hydrogen-bond donors (Lipinski definition) is 0. The molecule has 2 rings (SSSR count). The summed E-state index contributed by atoms with van der Waals surface area (Å²) in [7, 11) is 1.69. The van der Waals surface area contributed by atoms with Gasteiger partial charge in [0.05, 0.1) is 19.8 Å². The first-order valence-corrected chi connectivity index (χ1v) is 8.93. The molecule has 7 nitrogen and oxygen atoms in total. The van der Waals surface area contributed by atoms with Gasteiger partial charge in [0.1, 0.15) is 5.69 Å². The smallest absolute Gasteiger partial charge is 0.355 e. The summed E-state index contributed by atoms with van der Waals surface area (Å²) in [5.41, 5.74) is -0.761. The summed E-state index contributed by atoms with van der Waals surface area (Å²) in [4.78, 5) is 38.5. The second-order valence-electron chi connectivity index (χ2n) is 6.09. The van der Waals surface area contributed by atoms with Gasteiger partial charge in [-0.1, -0.05) is 18.2 Å². The van der Waals surface area contributed by atoms with E-state index in [0.717, 1.165) is 0 Å². The summed E-state index contributed by atoms with van der Waals surface area (Å²) in [6, 6.07) is 7.15. The van der Waals surface area contributed by atoms with Crippen LogP contribution in [0.5, 0.6) is 0 Å². The SMILES string of the molecule is CCOC(=O)c1c(C(C)(C(=O)OCC)C(=O)OCC)c2ccccc2n1C. The number of rotatable bonds is 7. The molecule has 0 saturated heterocycles. The van der Waals surface area contributed by atoms with Crippen LogP contribution in [-0.2, 0) is 36.3 Å². The molecule has 0 radical (unpaired) electrons. The molecule has 0 N–H and O–H groups in total. The zero-order valence-corrected chi connectivity index (χ0v) is 16.3. The first kappa shape index (κ1) is 20.5. The molecule has 1 aromatic carbocycles. The third-order valence-corrected chi connectivity index (χ3v) is 4.44. The van der Waals surface area contributed by atoms with Crippen LogP contribution in [0, 0.1) is 0 Å². The molecule has 0 aliphatic heterocycles. The van der Waals surface area contributed by atoms with Crippen molar-refractivity contribution in [3.05, 3.63) is 35.5 Å². The van der Waals surface area contributed by atoms with Crippen molar-refractivity contribution < 1.29 is 28.6 Å². The molecule has 0 atom stereocenters. The highest BCUT2D eigenvalue weighted by molar-refractivity contribution is 6.13. The van der Waals surface area contributed by atoms with Gasteiger partial charge in [-0.2, -0.15) is 0 Å². The number of hydrogen-bond acceptors (Lipinski definition) is 6. The number of para-hydroxylation sites is 1. The summed E-state index contributed by atoms with van der Waals surface area (Å²) < 4.78 is 17.2. The highest BCUT2D eigenvalue weighted by atomic mass is 16.6. The second-order valence-corrected chi connectivity index (χ2v) is 6.09. The molecule has 0 bridgehead atoms. The minimum atomic E-state index is -1.81. The first-order valence-electron chi connectivity index (χ1n) is 8.93. The molecule has 1 aromatic heterocycles. The number of carbonyl (C=O) groups excluding carboxylic acids is 3. The molecule has 0 unspecified atom stereocenters. The van der Waals surface area contributed by atoms with E-state index in [2.05, 4.69) is 0 Å². The molecule has 146 valence electrons. The Morgan fingerprint density at radius 1 is 0.926 bits per heavy atom. The molecular formula is C20H25NO6. The number of fused-ring (bicyclic) bond motifs is 1. The van der Waals surface area contributed by atoms with Gasteiger partial charge < -0.3 is 18.8 Å². The summed E-state index contributed by atoms with van der Waals surface area (Å²) >= 11 is 0. The Morgan fingerprint density at radius 3 is 1.96 bits per heavy atom. The second kappa shape index (κ2) is 8.24. The number of benzene rings is 1. The number of ether oxygens (including phenoxy) is 3. The number of esters is 3. The maximum absolute atomic E-state index is 12.9. The Balaban J connectivity index is 2.89. The van der Waals surface area contributed by atoms with E-state index < -0.39 is 23.3 Å². The Labute approximate surface area is 158 Å². The largest absolute Gasteiger partial charge is 0.465 e. The lowest BCUT2D eigenvalue weighted by Gasteiger charge is -2.26. The van der Waals surface area contributed by atoms with Crippen LogP contribution in [0.1, 0.15) is 43.7 Å². The fourth-order valence-corrected chi connectivity index (χ4v) is 3.18. The summed E-state index contributed by atoms with van der Waals surface area (Å²) in [5.74, 6) is -2.17. The molecule has 7 heteroatoms. The lowest BCUT2D eigenvalue weighted by molar-refractivity contribution is -0.163. The predicted molar refractivity (Wildman–Crippen MR) is 99.5 cm³/mol. The van der Waals surface area contributed by atoms with Crippen LogP contribution in [0.3, 0.4) is 0 Å². The minimum Gasteiger partial charge on any atom is -0.465 e. The third-order valence-electron chi connectivity index (χ3n) is 4.44. The Bertz CT molecular complexity index is 849. The van der Waals surface area contributed by atoms with Crippen molar-refractivity contribution >= 4 is 28.8 Å². The predicted octanol–water partition coefficient (Wildman–Crippen LogP) is 2.74. The summed E-state index contributed by atoms with van der Waals surface area (Å²) in [5, 5.41) is 0.589. The standard InChI is InChI=1S/C20H25NO6/c1-6-25-17(22)16-15(13-11-9-10-12-14(13)21(16)5)20(4,18(23)26-7-2)19(24)27-8-3/h9-12H,6-8H2,1-5H3. The van der Waals surface area contributed by atoms with Gasteiger partial charge in [-0.25, -0.2) is 4.79 Å². The monoisotopic (exact) mass is 375 g/mol. The highest BCUT2D eigenvalue weighted by Gasteiger charge is 2.50. The van der Waals surface area contributed by atoms with Gasteiger partial charge in [0.15, 0.2) is 5.41 Å². The molecule has 2 aromatic rings. The maximum Gasteiger partial charge on any atom is 0.355 e. The quantitative estimate of drug-likeness (QED) is 0.420. The number of carbonyl (C=O) groups is 3. The molecule has 0 amide bonds. The van der Waals surface area contributed by atoms with Gasteiger partial charge in [0, 0.05) is 23.5 Å².